The van der Waals surface area contributed by atoms with Gasteiger partial charge in [-0.1, -0.05) is 22.0 Å². The van der Waals surface area contributed by atoms with Crippen LogP contribution in [0.5, 0.6) is 0 Å². The molecule has 5 nitrogen and oxygen atoms in total. The molecular weight excluding hydrogens is 430 g/mol. The van der Waals surface area contributed by atoms with E-state index in [4.69, 9.17) is 0 Å². The number of hydrogen-bond acceptors (Lipinski definition) is 3. The smallest absolute Gasteiger partial charge is 0.255 e. The van der Waals surface area contributed by atoms with E-state index < -0.39 is 0 Å². The van der Waals surface area contributed by atoms with Gasteiger partial charge >= 0.3 is 0 Å². The number of carbonyl (C=O) groups excluding carboxylic acids is 2. The highest BCUT2D eigenvalue weighted by Crippen LogP contribution is 2.19. The van der Waals surface area contributed by atoms with Crippen molar-refractivity contribution in [1.82, 2.24) is 10.6 Å². The van der Waals surface area contributed by atoms with Gasteiger partial charge in [-0.3, -0.25) is 9.59 Å². The molecular formula is C20H23BrClN3O2. The minimum absolute atomic E-state index is 0. The molecule has 0 saturated carbocycles. The van der Waals surface area contributed by atoms with Gasteiger partial charge in [0.15, 0.2) is 0 Å². The molecule has 1 aliphatic heterocycles. The van der Waals surface area contributed by atoms with Crippen molar-refractivity contribution in [1.29, 1.82) is 0 Å². The molecule has 2 aromatic rings. The predicted octanol–water partition coefficient (Wildman–Crippen LogP) is 3.91. The summed E-state index contributed by atoms with van der Waals surface area (Å²) in [6.45, 7) is 3.71. The molecule has 1 saturated heterocycles. The van der Waals surface area contributed by atoms with Crippen LogP contribution in [0.2, 0.25) is 0 Å². The zero-order chi connectivity index (χ0) is 18.5. The Bertz CT molecular complexity index is 805. The minimum Gasteiger partial charge on any atom is -0.348 e. The normalized spacial score (nSPS) is 16.1. The lowest BCUT2D eigenvalue weighted by Crippen LogP contribution is -2.45. The highest BCUT2D eigenvalue weighted by Gasteiger charge is 2.17. The average Bonchev–Trinajstić information content (AvgIpc) is 2.64. The quantitative estimate of drug-likeness (QED) is 0.659. The fourth-order valence-electron chi connectivity index (χ4n) is 2.94. The van der Waals surface area contributed by atoms with Crippen LogP contribution in [0.1, 0.15) is 39.1 Å². The number of anilines is 1. The Morgan fingerprint density at radius 1 is 1.07 bits per heavy atom. The van der Waals surface area contributed by atoms with Crippen molar-refractivity contribution >= 4 is 45.8 Å². The van der Waals surface area contributed by atoms with Crippen molar-refractivity contribution in [2.75, 3.05) is 18.4 Å². The standard InChI is InChI=1S/C20H22BrN3O2.ClH/c1-13-4-5-15(20(26)23-17-3-2-10-22-12-17)11-18(13)24-19(25)14-6-8-16(21)9-7-14;/h4-9,11,17,22H,2-3,10,12H2,1H3,(H,23,26)(H,24,25);1H/t17-;/m0./s1. The van der Waals surface area contributed by atoms with E-state index in [1.807, 2.05) is 25.1 Å². The van der Waals surface area contributed by atoms with Crippen LogP contribution in [-0.4, -0.2) is 30.9 Å². The third-order valence-corrected chi connectivity index (χ3v) is 5.02. The number of rotatable bonds is 4. The van der Waals surface area contributed by atoms with Crippen molar-refractivity contribution in [3.05, 3.63) is 63.6 Å². The summed E-state index contributed by atoms with van der Waals surface area (Å²) in [4.78, 5) is 25.0. The molecule has 2 amide bonds. The Morgan fingerprint density at radius 3 is 2.44 bits per heavy atom. The highest BCUT2D eigenvalue weighted by molar-refractivity contribution is 9.10. The summed E-state index contributed by atoms with van der Waals surface area (Å²) in [5.74, 6) is -0.313. The minimum atomic E-state index is -0.199. The number of hydrogen-bond donors (Lipinski definition) is 3. The van der Waals surface area contributed by atoms with E-state index in [2.05, 4.69) is 31.9 Å². The van der Waals surface area contributed by atoms with E-state index >= 15 is 0 Å². The Hall–Kier alpha value is -1.89. The van der Waals surface area contributed by atoms with Gasteiger partial charge in [-0.25, -0.2) is 0 Å². The van der Waals surface area contributed by atoms with Crippen LogP contribution in [0, 0.1) is 6.92 Å². The molecule has 0 aromatic heterocycles. The van der Waals surface area contributed by atoms with Crippen molar-refractivity contribution in [2.45, 2.75) is 25.8 Å². The molecule has 1 heterocycles. The lowest BCUT2D eigenvalue weighted by Gasteiger charge is -2.24. The number of amides is 2. The van der Waals surface area contributed by atoms with Crippen LogP contribution in [-0.2, 0) is 0 Å². The van der Waals surface area contributed by atoms with Gasteiger partial charge in [0.05, 0.1) is 0 Å². The van der Waals surface area contributed by atoms with Gasteiger partial charge in [-0.2, -0.15) is 0 Å². The van der Waals surface area contributed by atoms with Crippen molar-refractivity contribution in [3.63, 3.8) is 0 Å². The SMILES string of the molecule is Cc1ccc(C(=O)N[C@H]2CCCNC2)cc1NC(=O)c1ccc(Br)cc1.Cl. The van der Waals surface area contributed by atoms with Gasteiger partial charge in [0, 0.05) is 33.9 Å². The van der Waals surface area contributed by atoms with Gasteiger partial charge in [0.25, 0.3) is 11.8 Å². The van der Waals surface area contributed by atoms with E-state index in [0.717, 1.165) is 36.0 Å². The Morgan fingerprint density at radius 2 is 1.78 bits per heavy atom. The first-order chi connectivity index (χ1) is 12.5. The summed E-state index contributed by atoms with van der Waals surface area (Å²) in [5, 5.41) is 9.24. The van der Waals surface area contributed by atoms with Crippen molar-refractivity contribution in [3.8, 4) is 0 Å². The predicted molar refractivity (Wildman–Crippen MR) is 114 cm³/mol. The zero-order valence-corrected chi connectivity index (χ0v) is 17.5. The number of aryl methyl sites for hydroxylation is 1. The molecule has 0 unspecified atom stereocenters. The molecule has 144 valence electrons. The third-order valence-electron chi connectivity index (χ3n) is 4.49. The van der Waals surface area contributed by atoms with Gasteiger partial charge in [-0.05, 0) is 68.3 Å². The number of carbonyl (C=O) groups is 2. The topological polar surface area (TPSA) is 70.2 Å². The second-order valence-electron chi connectivity index (χ2n) is 6.51. The molecule has 0 bridgehead atoms. The maximum absolute atomic E-state index is 12.5. The van der Waals surface area contributed by atoms with E-state index in [1.165, 1.54) is 0 Å². The number of halogens is 2. The zero-order valence-electron chi connectivity index (χ0n) is 15.0. The van der Waals surface area contributed by atoms with Crippen molar-refractivity contribution < 1.29 is 9.59 Å². The Balaban J connectivity index is 0.00000261. The fourth-order valence-corrected chi connectivity index (χ4v) is 3.20. The average molecular weight is 453 g/mol. The van der Waals surface area contributed by atoms with Crippen LogP contribution in [0.15, 0.2) is 46.9 Å². The molecule has 3 N–H and O–H groups in total. The summed E-state index contributed by atoms with van der Waals surface area (Å²) >= 11 is 3.36. The van der Waals surface area contributed by atoms with Gasteiger partial charge in [0.1, 0.15) is 0 Å². The van der Waals surface area contributed by atoms with Crippen LogP contribution >= 0.6 is 28.3 Å². The van der Waals surface area contributed by atoms with Gasteiger partial charge in [0.2, 0.25) is 0 Å². The lowest BCUT2D eigenvalue weighted by atomic mass is 10.1. The molecule has 1 aliphatic rings. The number of nitrogens with one attached hydrogen (secondary N) is 3. The molecule has 0 aliphatic carbocycles. The molecule has 27 heavy (non-hydrogen) atoms. The van der Waals surface area contributed by atoms with E-state index in [1.54, 1.807) is 24.3 Å². The first-order valence-electron chi connectivity index (χ1n) is 8.72. The molecule has 3 rings (SSSR count). The van der Waals surface area contributed by atoms with E-state index in [9.17, 15) is 9.59 Å². The summed E-state index contributed by atoms with van der Waals surface area (Å²) in [7, 11) is 0. The Kier molecular flexibility index (Phi) is 7.83. The summed E-state index contributed by atoms with van der Waals surface area (Å²) < 4.78 is 0.918. The Labute approximate surface area is 173 Å². The largest absolute Gasteiger partial charge is 0.348 e. The monoisotopic (exact) mass is 451 g/mol. The first-order valence-corrected chi connectivity index (χ1v) is 9.51. The van der Waals surface area contributed by atoms with E-state index in [0.29, 0.717) is 16.8 Å². The second-order valence-corrected chi connectivity index (χ2v) is 7.42. The van der Waals surface area contributed by atoms with Gasteiger partial charge < -0.3 is 16.0 Å². The summed E-state index contributed by atoms with van der Waals surface area (Å²) in [6.07, 6.45) is 2.05. The van der Waals surface area contributed by atoms with Crippen LogP contribution in [0.3, 0.4) is 0 Å². The fraction of sp³-hybridized carbons (Fsp3) is 0.300. The molecule has 0 spiro atoms. The third kappa shape index (κ3) is 5.79. The molecule has 1 atom stereocenters. The maximum atomic E-state index is 12.5. The number of benzene rings is 2. The summed E-state index contributed by atoms with van der Waals surface area (Å²) in [5.41, 5.74) is 2.67. The molecule has 0 radical (unpaired) electrons. The second kappa shape index (κ2) is 9.88. The van der Waals surface area contributed by atoms with Crippen LogP contribution in [0.4, 0.5) is 5.69 Å². The van der Waals surface area contributed by atoms with Crippen LogP contribution < -0.4 is 16.0 Å². The molecule has 1 fully saturated rings. The highest BCUT2D eigenvalue weighted by atomic mass is 79.9. The molecule has 7 heteroatoms. The summed E-state index contributed by atoms with van der Waals surface area (Å²) in [6, 6.07) is 12.7. The van der Waals surface area contributed by atoms with Crippen LogP contribution in [0.25, 0.3) is 0 Å². The van der Waals surface area contributed by atoms with Gasteiger partial charge in [-0.15, -0.1) is 12.4 Å². The lowest BCUT2D eigenvalue weighted by molar-refractivity contribution is 0.0929. The van der Waals surface area contributed by atoms with Crippen molar-refractivity contribution in [2.24, 2.45) is 0 Å². The maximum Gasteiger partial charge on any atom is 0.255 e. The first kappa shape index (κ1) is 21.4. The number of piperidine rings is 1. The molecule has 2 aromatic carbocycles. The van der Waals surface area contributed by atoms with E-state index in [-0.39, 0.29) is 30.3 Å².